The molecule has 0 atom stereocenters. The molecule has 2 nitrogen and oxygen atoms in total. The summed E-state index contributed by atoms with van der Waals surface area (Å²) in [5, 5.41) is 19.1. The highest BCUT2D eigenvalue weighted by Crippen LogP contribution is 2.29. The number of phenolic OH excluding ortho intramolecular Hbond substituents is 2. The van der Waals surface area contributed by atoms with E-state index in [1.54, 1.807) is 6.07 Å². The lowest BCUT2D eigenvalue weighted by atomic mass is 10.0. The van der Waals surface area contributed by atoms with Crippen LogP contribution in [0.3, 0.4) is 0 Å². The molecule has 1 aromatic carbocycles. The van der Waals surface area contributed by atoms with Gasteiger partial charge in [0.2, 0.25) is 0 Å². The van der Waals surface area contributed by atoms with Gasteiger partial charge in [-0.05, 0) is 30.9 Å². The first-order valence-electron chi connectivity index (χ1n) is 6.89. The number of aromatic hydroxyl groups is 2. The lowest BCUT2D eigenvalue weighted by Crippen LogP contribution is -1.88. The molecule has 0 unspecified atom stereocenters. The molecule has 0 spiro atoms. The van der Waals surface area contributed by atoms with E-state index in [4.69, 9.17) is 0 Å². The van der Waals surface area contributed by atoms with Crippen molar-refractivity contribution >= 4 is 31.9 Å². The molecule has 108 valence electrons. The van der Waals surface area contributed by atoms with Crippen molar-refractivity contribution in [2.24, 2.45) is 0 Å². The predicted octanol–water partition coefficient (Wildman–Crippen LogP) is 5.49. The fraction of sp³-hybridized carbons (Fsp3) is 0.600. The van der Waals surface area contributed by atoms with Gasteiger partial charge >= 0.3 is 0 Å². The largest absolute Gasteiger partial charge is 0.504 e. The Balaban J connectivity index is 2.06. The van der Waals surface area contributed by atoms with Crippen molar-refractivity contribution in [2.75, 3.05) is 0 Å². The first-order valence-corrected chi connectivity index (χ1v) is 8.72. The van der Waals surface area contributed by atoms with Crippen LogP contribution in [0.15, 0.2) is 18.2 Å². The molecule has 0 amide bonds. The first kappa shape index (κ1) is 16.8. The summed E-state index contributed by atoms with van der Waals surface area (Å²) in [7, 11) is 0. The van der Waals surface area contributed by atoms with Gasteiger partial charge < -0.3 is 10.2 Å². The minimum Gasteiger partial charge on any atom is -0.504 e. The van der Waals surface area contributed by atoms with Crippen molar-refractivity contribution in [1.82, 2.24) is 0 Å². The van der Waals surface area contributed by atoms with Crippen molar-refractivity contribution in [3.05, 3.63) is 23.8 Å². The standard InChI is InChI=1S/C15H22Br2O2/c16-14(17)11-6-4-2-1-3-5-8-12-9-7-10-13(18)15(12)19/h7,9-10,14,18-19H,1-6,8,11H2. The van der Waals surface area contributed by atoms with Gasteiger partial charge in [-0.25, -0.2) is 0 Å². The highest BCUT2D eigenvalue weighted by Gasteiger charge is 2.04. The van der Waals surface area contributed by atoms with E-state index in [1.807, 2.05) is 6.07 Å². The highest BCUT2D eigenvalue weighted by atomic mass is 79.9. The maximum Gasteiger partial charge on any atom is 0.160 e. The van der Waals surface area contributed by atoms with Crippen LogP contribution in [0.4, 0.5) is 0 Å². The second-order valence-electron chi connectivity index (χ2n) is 4.84. The number of phenols is 2. The molecule has 0 radical (unpaired) electrons. The van der Waals surface area contributed by atoms with Crippen LogP contribution in [0, 0.1) is 0 Å². The molecular formula is C15H22Br2O2. The number of unbranched alkanes of at least 4 members (excludes halogenated alkanes) is 5. The van der Waals surface area contributed by atoms with E-state index in [2.05, 4.69) is 31.9 Å². The van der Waals surface area contributed by atoms with E-state index in [1.165, 1.54) is 44.6 Å². The van der Waals surface area contributed by atoms with Gasteiger partial charge in [-0.15, -0.1) is 0 Å². The third-order valence-corrected chi connectivity index (χ3v) is 4.13. The summed E-state index contributed by atoms with van der Waals surface area (Å²) in [5.74, 6) is 0.0276. The van der Waals surface area contributed by atoms with Crippen molar-refractivity contribution in [3.63, 3.8) is 0 Å². The third kappa shape index (κ3) is 7.21. The van der Waals surface area contributed by atoms with Gasteiger partial charge in [-0.1, -0.05) is 76.1 Å². The first-order chi connectivity index (χ1) is 9.11. The number of hydrogen-bond acceptors (Lipinski definition) is 2. The molecule has 0 aliphatic rings. The predicted molar refractivity (Wildman–Crippen MR) is 87.4 cm³/mol. The zero-order valence-corrected chi connectivity index (χ0v) is 14.3. The van der Waals surface area contributed by atoms with E-state index < -0.39 is 0 Å². The van der Waals surface area contributed by atoms with E-state index in [0.29, 0.717) is 3.74 Å². The zero-order chi connectivity index (χ0) is 14.1. The fourth-order valence-electron chi connectivity index (χ4n) is 2.10. The SMILES string of the molecule is Oc1cccc(CCCCCCCCC(Br)Br)c1O. The van der Waals surface area contributed by atoms with Crippen LogP contribution >= 0.6 is 31.9 Å². The van der Waals surface area contributed by atoms with E-state index >= 15 is 0 Å². The molecule has 0 saturated carbocycles. The molecule has 0 fully saturated rings. The smallest absolute Gasteiger partial charge is 0.160 e. The molecule has 1 aromatic rings. The van der Waals surface area contributed by atoms with Crippen molar-refractivity contribution in [1.29, 1.82) is 0 Å². The van der Waals surface area contributed by atoms with Crippen LogP contribution in [0.2, 0.25) is 0 Å². The normalized spacial score (nSPS) is 11.1. The Labute approximate surface area is 132 Å². The maximum atomic E-state index is 9.66. The van der Waals surface area contributed by atoms with E-state index in [-0.39, 0.29) is 11.5 Å². The number of hydrogen-bond donors (Lipinski definition) is 2. The average molecular weight is 394 g/mol. The maximum absolute atomic E-state index is 9.66. The number of benzene rings is 1. The van der Waals surface area contributed by atoms with Gasteiger partial charge in [0.15, 0.2) is 11.5 Å². The number of halogens is 2. The second-order valence-corrected chi connectivity index (χ2v) is 8.28. The third-order valence-electron chi connectivity index (χ3n) is 3.22. The molecule has 1 rings (SSSR count). The van der Waals surface area contributed by atoms with Gasteiger partial charge in [-0.3, -0.25) is 0 Å². The Morgan fingerprint density at radius 1 is 0.895 bits per heavy atom. The molecule has 0 saturated heterocycles. The summed E-state index contributed by atoms with van der Waals surface area (Å²) >= 11 is 6.96. The fourth-order valence-corrected chi connectivity index (χ4v) is 2.75. The van der Waals surface area contributed by atoms with Crippen LogP contribution in [0.25, 0.3) is 0 Å². The van der Waals surface area contributed by atoms with Gasteiger partial charge in [0.05, 0.1) is 3.74 Å². The van der Waals surface area contributed by atoms with Crippen LogP contribution in [0.1, 0.15) is 50.5 Å². The minimum absolute atomic E-state index is 0.0170. The van der Waals surface area contributed by atoms with Crippen LogP contribution in [-0.4, -0.2) is 13.9 Å². The van der Waals surface area contributed by atoms with E-state index in [9.17, 15) is 10.2 Å². The number of para-hydroxylation sites is 1. The summed E-state index contributed by atoms with van der Waals surface area (Å²) in [5.41, 5.74) is 0.849. The van der Waals surface area contributed by atoms with Crippen molar-refractivity contribution in [2.45, 2.75) is 55.1 Å². The molecule has 0 heterocycles. The van der Waals surface area contributed by atoms with Crippen LogP contribution in [-0.2, 0) is 6.42 Å². The Morgan fingerprint density at radius 3 is 2.21 bits per heavy atom. The minimum atomic E-state index is -0.0170. The molecular weight excluding hydrogens is 372 g/mol. The topological polar surface area (TPSA) is 40.5 Å². The molecule has 0 aliphatic heterocycles. The Morgan fingerprint density at radius 2 is 1.53 bits per heavy atom. The van der Waals surface area contributed by atoms with E-state index in [0.717, 1.165) is 18.4 Å². The lowest BCUT2D eigenvalue weighted by molar-refractivity contribution is 0.398. The summed E-state index contributed by atoms with van der Waals surface area (Å²) in [6, 6.07) is 5.17. The quantitative estimate of drug-likeness (QED) is 0.331. The molecule has 19 heavy (non-hydrogen) atoms. The van der Waals surface area contributed by atoms with Gasteiger partial charge in [-0.2, -0.15) is 0 Å². The highest BCUT2D eigenvalue weighted by molar-refractivity contribution is 9.24. The number of aryl methyl sites for hydroxylation is 1. The van der Waals surface area contributed by atoms with Crippen LogP contribution < -0.4 is 0 Å². The Kier molecular flexibility index (Phi) is 8.55. The molecule has 0 aliphatic carbocycles. The molecule has 0 bridgehead atoms. The van der Waals surface area contributed by atoms with Gasteiger partial charge in [0.25, 0.3) is 0 Å². The monoisotopic (exact) mass is 392 g/mol. The van der Waals surface area contributed by atoms with Crippen LogP contribution in [0.5, 0.6) is 11.5 Å². The Bertz CT molecular complexity index is 367. The molecule has 2 N–H and O–H groups in total. The summed E-state index contributed by atoms with van der Waals surface area (Å²) < 4.78 is 0.453. The summed E-state index contributed by atoms with van der Waals surface area (Å²) in [6.45, 7) is 0. The van der Waals surface area contributed by atoms with Gasteiger partial charge in [0.1, 0.15) is 0 Å². The van der Waals surface area contributed by atoms with Gasteiger partial charge in [0, 0.05) is 0 Å². The van der Waals surface area contributed by atoms with Crippen molar-refractivity contribution in [3.8, 4) is 11.5 Å². The summed E-state index contributed by atoms with van der Waals surface area (Å²) in [6.07, 6.45) is 9.33. The average Bonchev–Trinajstić information content (AvgIpc) is 2.37. The molecule has 4 heteroatoms. The number of rotatable bonds is 9. The van der Waals surface area contributed by atoms with Crippen molar-refractivity contribution < 1.29 is 10.2 Å². The lowest BCUT2D eigenvalue weighted by Gasteiger charge is -2.06. The molecule has 0 aromatic heterocycles. The number of alkyl halides is 2. The Hall–Kier alpha value is -0.220. The summed E-state index contributed by atoms with van der Waals surface area (Å²) in [4.78, 5) is 0. The second kappa shape index (κ2) is 9.65. The zero-order valence-electron chi connectivity index (χ0n) is 11.1.